The van der Waals surface area contributed by atoms with Crippen LogP contribution in [0.1, 0.15) is 52.7 Å². The van der Waals surface area contributed by atoms with E-state index in [0.717, 1.165) is 81.8 Å². The zero-order valence-corrected chi connectivity index (χ0v) is 33.8. The molecular weight excluding hydrogens is 717 g/mol. The van der Waals surface area contributed by atoms with Crippen LogP contribution in [0, 0.1) is 0 Å². The number of thiazole rings is 1. The number of fused-ring (bicyclic) bond motifs is 7. The zero-order valence-electron chi connectivity index (χ0n) is 32.9. The topological polar surface area (TPSA) is 59.2 Å². The Labute approximate surface area is 336 Å². The fraction of sp³-hybridized carbons (Fsp3) is 0.154. The minimum Gasteiger partial charge on any atom is -0.507 e. The molecule has 0 aliphatic heterocycles. The Morgan fingerprint density at radius 1 is 0.561 bits per heavy atom. The lowest BCUT2D eigenvalue weighted by molar-refractivity contribution is 0.446. The molecule has 0 spiro atoms. The molecule has 0 aliphatic rings. The molecular formula is C52H42N2O2S. The van der Waals surface area contributed by atoms with Crippen molar-refractivity contribution >= 4 is 65.0 Å². The van der Waals surface area contributed by atoms with E-state index < -0.39 is 0 Å². The Bertz CT molecular complexity index is 3210. The van der Waals surface area contributed by atoms with Gasteiger partial charge in [0.15, 0.2) is 0 Å². The van der Waals surface area contributed by atoms with E-state index in [0.29, 0.717) is 5.75 Å². The maximum atomic E-state index is 11.8. The quantitative estimate of drug-likeness (QED) is 0.182. The minimum absolute atomic E-state index is 0.103. The molecule has 0 fully saturated rings. The second kappa shape index (κ2) is 12.9. The summed E-state index contributed by atoms with van der Waals surface area (Å²) in [7, 11) is 0. The molecule has 7 aromatic carbocycles. The van der Waals surface area contributed by atoms with Crippen LogP contribution in [0.4, 0.5) is 0 Å². The molecule has 0 saturated carbocycles. The molecule has 1 N–H and O–H groups in total. The van der Waals surface area contributed by atoms with E-state index in [9.17, 15) is 5.11 Å². The van der Waals surface area contributed by atoms with Crippen molar-refractivity contribution in [3.8, 4) is 49.8 Å². The number of nitrogens with zero attached hydrogens (tertiary/aromatic N) is 2. The van der Waals surface area contributed by atoms with Gasteiger partial charge in [0.1, 0.15) is 21.9 Å². The number of aromatic nitrogens is 2. The highest BCUT2D eigenvalue weighted by molar-refractivity contribution is 7.21. The predicted octanol–water partition coefficient (Wildman–Crippen LogP) is 14.9. The third-order valence-electron chi connectivity index (χ3n) is 11.3. The van der Waals surface area contributed by atoms with Crippen molar-refractivity contribution in [2.24, 2.45) is 0 Å². The smallest absolute Gasteiger partial charge is 0.144 e. The zero-order chi connectivity index (χ0) is 39.2. The fourth-order valence-electron chi connectivity index (χ4n) is 8.21. The van der Waals surface area contributed by atoms with Gasteiger partial charge in [-0.15, -0.1) is 11.3 Å². The molecule has 3 heterocycles. The number of furan rings is 1. The number of aromatic hydroxyl groups is 1. The number of hydrogen-bond acceptors (Lipinski definition) is 5. The maximum absolute atomic E-state index is 11.8. The predicted molar refractivity (Wildman–Crippen MR) is 241 cm³/mol. The van der Waals surface area contributed by atoms with Gasteiger partial charge in [0.2, 0.25) is 0 Å². The summed E-state index contributed by atoms with van der Waals surface area (Å²) < 4.78 is 7.95. The summed E-state index contributed by atoms with van der Waals surface area (Å²) in [5.41, 5.74) is 11.1. The monoisotopic (exact) mass is 758 g/mol. The van der Waals surface area contributed by atoms with Crippen LogP contribution in [-0.4, -0.2) is 15.1 Å². The third-order valence-corrected chi connectivity index (χ3v) is 12.4. The SMILES string of the molecule is CC(C)(C)c1cc(-c2nc3c(-c4cc(-c5cc(-c6ccccc6)ccn5)c5oc6cc7c(ccc8ccccc87)cc6c5c4)cccc3s2)c(O)c(C(C)(C)C)c1. The Balaban J connectivity index is 1.23. The summed E-state index contributed by atoms with van der Waals surface area (Å²) in [5.74, 6) is 0.300. The van der Waals surface area contributed by atoms with Gasteiger partial charge in [-0.25, -0.2) is 4.98 Å². The summed E-state index contributed by atoms with van der Waals surface area (Å²) in [6.45, 7) is 13.1. The Morgan fingerprint density at radius 2 is 1.35 bits per heavy atom. The van der Waals surface area contributed by atoms with E-state index in [4.69, 9.17) is 14.4 Å². The lowest BCUT2D eigenvalue weighted by Crippen LogP contribution is -2.17. The highest BCUT2D eigenvalue weighted by Crippen LogP contribution is 2.47. The summed E-state index contributed by atoms with van der Waals surface area (Å²) >= 11 is 1.62. The van der Waals surface area contributed by atoms with Gasteiger partial charge < -0.3 is 9.52 Å². The van der Waals surface area contributed by atoms with Crippen molar-refractivity contribution in [1.82, 2.24) is 9.97 Å². The molecule has 10 aromatic rings. The number of benzene rings is 7. The lowest BCUT2D eigenvalue weighted by atomic mass is 9.79. The second-order valence-corrected chi connectivity index (χ2v) is 18.3. The summed E-state index contributed by atoms with van der Waals surface area (Å²) in [4.78, 5) is 10.3. The summed E-state index contributed by atoms with van der Waals surface area (Å²) in [6.07, 6.45) is 1.89. The highest BCUT2D eigenvalue weighted by atomic mass is 32.1. The van der Waals surface area contributed by atoms with E-state index >= 15 is 0 Å². The fourth-order valence-corrected chi connectivity index (χ4v) is 9.22. The number of pyridine rings is 1. The van der Waals surface area contributed by atoms with Gasteiger partial charge in [-0.1, -0.05) is 126 Å². The van der Waals surface area contributed by atoms with Crippen LogP contribution in [0.15, 0.2) is 144 Å². The Hall–Kier alpha value is -6.30. The lowest BCUT2D eigenvalue weighted by Gasteiger charge is -2.27. The highest BCUT2D eigenvalue weighted by Gasteiger charge is 2.27. The van der Waals surface area contributed by atoms with Crippen molar-refractivity contribution in [2.45, 2.75) is 52.4 Å². The van der Waals surface area contributed by atoms with Gasteiger partial charge in [-0.3, -0.25) is 4.98 Å². The number of para-hydroxylation sites is 1. The van der Waals surface area contributed by atoms with Gasteiger partial charge in [0, 0.05) is 33.7 Å². The first kappa shape index (κ1) is 35.1. The number of phenolic OH excluding ortho intramolecular Hbond substituents is 1. The van der Waals surface area contributed by atoms with E-state index in [1.807, 2.05) is 12.3 Å². The molecule has 3 aromatic heterocycles. The molecule has 5 heteroatoms. The number of rotatable bonds is 4. The van der Waals surface area contributed by atoms with E-state index in [1.54, 1.807) is 11.3 Å². The van der Waals surface area contributed by atoms with Crippen LogP contribution < -0.4 is 0 Å². The van der Waals surface area contributed by atoms with Crippen LogP contribution >= 0.6 is 11.3 Å². The van der Waals surface area contributed by atoms with E-state index in [2.05, 4.69) is 169 Å². The Morgan fingerprint density at radius 3 is 2.16 bits per heavy atom. The average Bonchev–Trinajstić information content (AvgIpc) is 3.81. The third kappa shape index (κ3) is 5.96. The van der Waals surface area contributed by atoms with Crippen molar-refractivity contribution in [1.29, 1.82) is 0 Å². The van der Waals surface area contributed by atoms with Crippen LogP contribution in [0.5, 0.6) is 5.75 Å². The van der Waals surface area contributed by atoms with Crippen LogP contribution in [-0.2, 0) is 10.8 Å². The molecule has 4 nitrogen and oxygen atoms in total. The van der Waals surface area contributed by atoms with Crippen molar-refractivity contribution in [2.75, 3.05) is 0 Å². The van der Waals surface area contributed by atoms with Gasteiger partial charge in [-0.2, -0.15) is 0 Å². The molecule has 0 amide bonds. The minimum atomic E-state index is -0.245. The number of phenols is 1. The standard InChI is InChI=1S/C52H42N2O2S/c1-51(2,3)35-27-42(48(55)43(28-35)52(4,5)6)50-54-47-37(17-12-18-46(47)57-50)34-24-40-39-23-33-20-19-31-15-10-11-16-36(31)38(33)29-45(39)56-49(40)41(25-34)44-26-32(21-22-53-44)30-13-8-7-9-14-30/h7-29,55H,1-6H3. The number of hydrogen-bond donors (Lipinski definition) is 1. The molecule has 0 radical (unpaired) electrons. The van der Waals surface area contributed by atoms with Crippen molar-refractivity contribution in [3.05, 3.63) is 151 Å². The molecule has 0 unspecified atom stereocenters. The van der Waals surface area contributed by atoms with Crippen LogP contribution in [0.3, 0.4) is 0 Å². The van der Waals surface area contributed by atoms with Crippen molar-refractivity contribution < 1.29 is 9.52 Å². The van der Waals surface area contributed by atoms with Gasteiger partial charge >= 0.3 is 0 Å². The first-order chi connectivity index (χ1) is 27.4. The van der Waals surface area contributed by atoms with Crippen molar-refractivity contribution in [3.63, 3.8) is 0 Å². The molecule has 278 valence electrons. The summed E-state index contributed by atoms with van der Waals surface area (Å²) in [5, 5.41) is 19.4. The van der Waals surface area contributed by atoms with E-state index in [-0.39, 0.29) is 10.8 Å². The van der Waals surface area contributed by atoms with Gasteiger partial charge in [0.25, 0.3) is 0 Å². The molecule has 0 aliphatic carbocycles. The molecule has 0 atom stereocenters. The second-order valence-electron chi connectivity index (χ2n) is 17.2. The first-order valence-electron chi connectivity index (χ1n) is 19.5. The van der Waals surface area contributed by atoms with Gasteiger partial charge in [-0.05, 0) is 103 Å². The largest absolute Gasteiger partial charge is 0.507 e. The van der Waals surface area contributed by atoms with Crippen LogP contribution in [0.2, 0.25) is 0 Å². The normalized spacial score (nSPS) is 12.5. The molecule has 0 saturated heterocycles. The molecule has 10 rings (SSSR count). The Kier molecular flexibility index (Phi) is 7.93. The molecule has 0 bridgehead atoms. The average molecular weight is 759 g/mol. The van der Waals surface area contributed by atoms with Crippen LogP contribution in [0.25, 0.3) is 97.8 Å². The molecule has 57 heavy (non-hydrogen) atoms. The summed E-state index contributed by atoms with van der Waals surface area (Å²) in [6, 6.07) is 47.2. The maximum Gasteiger partial charge on any atom is 0.144 e. The first-order valence-corrected chi connectivity index (χ1v) is 20.3. The van der Waals surface area contributed by atoms with E-state index in [1.165, 1.54) is 27.1 Å². The van der Waals surface area contributed by atoms with Gasteiger partial charge in [0.05, 0.1) is 21.5 Å².